The zero-order chi connectivity index (χ0) is 25.9. The monoisotopic (exact) mass is 470 g/mol. The molecule has 0 spiro atoms. The van der Waals surface area contributed by atoms with E-state index < -0.39 is 35.4 Å². The Morgan fingerprint density at radius 1 is 0.971 bits per heavy atom. The van der Waals surface area contributed by atoms with Crippen LogP contribution in [0.15, 0.2) is 40.5 Å². The standard InChI is InChI=1S/C26H30O8/c1-12(2)17-9-16(10-18(13(3)4)23(17)34-15(6)27)11-19-20(24(28)29)8-14(5)21(26(32)33-7)22(19)25(30)31/h8-13,20H,1-7H3,(H,28,29)(H,30,31). The number of carbonyl (C=O) groups is 4. The maximum atomic E-state index is 12.4. The molecule has 0 aliphatic heterocycles. The van der Waals surface area contributed by atoms with Crippen LogP contribution in [0.3, 0.4) is 0 Å². The largest absolute Gasteiger partial charge is 0.481 e. The maximum absolute atomic E-state index is 12.4. The summed E-state index contributed by atoms with van der Waals surface area (Å²) in [6, 6.07) is 3.48. The van der Waals surface area contributed by atoms with Crippen molar-refractivity contribution in [2.75, 3.05) is 7.11 Å². The Balaban J connectivity index is 2.93. The molecule has 0 heterocycles. The van der Waals surface area contributed by atoms with Crippen LogP contribution in [0.2, 0.25) is 0 Å². The van der Waals surface area contributed by atoms with E-state index in [0.717, 1.165) is 18.2 Å². The molecule has 2 rings (SSSR count). The van der Waals surface area contributed by atoms with Crippen LogP contribution >= 0.6 is 0 Å². The SMILES string of the molecule is COC(=O)C1=C(C(=O)O)C(=Cc2cc(C(C)C)c(OC(C)=O)c(C(C)C)c2)C(C(=O)O)C=C1C. The summed E-state index contributed by atoms with van der Waals surface area (Å²) in [6.45, 7) is 10.5. The summed E-state index contributed by atoms with van der Waals surface area (Å²) in [7, 11) is 1.13. The van der Waals surface area contributed by atoms with Gasteiger partial charge in [-0.15, -0.1) is 0 Å². The first kappa shape index (κ1) is 26.6. The summed E-state index contributed by atoms with van der Waals surface area (Å²) in [4.78, 5) is 48.4. The fourth-order valence-corrected chi connectivity index (χ4v) is 3.96. The van der Waals surface area contributed by atoms with Gasteiger partial charge in [0.25, 0.3) is 0 Å². The van der Waals surface area contributed by atoms with Crippen molar-refractivity contribution in [3.05, 3.63) is 57.2 Å². The zero-order valence-electron chi connectivity index (χ0n) is 20.4. The fraction of sp³-hybridized carbons (Fsp3) is 0.385. The van der Waals surface area contributed by atoms with Crippen molar-refractivity contribution in [2.24, 2.45) is 5.92 Å². The molecule has 0 saturated carbocycles. The van der Waals surface area contributed by atoms with Crippen LogP contribution in [-0.4, -0.2) is 41.2 Å². The molecule has 0 bridgehead atoms. The predicted octanol–water partition coefficient (Wildman–Crippen LogP) is 4.46. The molecule has 1 aromatic rings. The van der Waals surface area contributed by atoms with E-state index in [9.17, 15) is 29.4 Å². The number of esters is 2. The van der Waals surface area contributed by atoms with E-state index in [2.05, 4.69) is 0 Å². The second kappa shape index (κ2) is 10.5. The van der Waals surface area contributed by atoms with E-state index in [1.54, 1.807) is 12.1 Å². The van der Waals surface area contributed by atoms with E-state index in [0.29, 0.717) is 11.3 Å². The first-order valence-electron chi connectivity index (χ1n) is 10.9. The molecule has 8 heteroatoms. The van der Waals surface area contributed by atoms with Crippen molar-refractivity contribution in [3.63, 3.8) is 0 Å². The van der Waals surface area contributed by atoms with E-state index >= 15 is 0 Å². The number of hydrogen-bond acceptors (Lipinski definition) is 6. The lowest BCUT2D eigenvalue weighted by Gasteiger charge is -2.24. The quantitative estimate of drug-likeness (QED) is 0.442. The molecule has 2 N–H and O–H groups in total. The van der Waals surface area contributed by atoms with Gasteiger partial charge in [0.05, 0.1) is 18.3 Å². The Kier molecular flexibility index (Phi) is 8.21. The molecule has 1 aliphatic rings. The van der Waals surface area contributed by atoms with Gasteiger partial charge in [-0.1, -0.05) is 33.8 Å². The van der Waals surface area contributed by atoms with Crippen molar-refractivity contribution in [1.82, 2.24) is 0 Å². The zero-order valence-corrected chi connectivity index (χ0v) is 20.4. The molecule has 1 aromatic carbocycles. The van der Waals surface area contributed by atoms with Gasteiger partial charge in [0.15, 0.2) is 0 Å². The molecule has 0 amide bonds. The molecular formula is C26H30O8. The van der Waals surface area contributed by atoms with Gasteiger partial charge >= 0.3 is 23.9 Å². The van der Waals surface area contributed by atoms with Crippen LogP contribution in [-0.2, 0) is 23.9 Å². The summed E-state index contributed by atoms with van der Waals surface area (Å²) in [6.07, 6.45) is 2.80. The van der Waals surface area contributed by atoms with E-state index in [-0.39, 0.29) is 28.6 Å². The van der Waals surface area contributed by atoms with Gasteiger partial charge in [-0.05, 0) is 64.8 Å². The van der Waals surface area contributed by atoms with E-state index in [1.807, 2.05) is 27.7 Å². The summed E-state index contributed by atoms with van der Waals surface area (Å²) < 4.78 is 10.3. The minimum Gasteiger partial charge on any atom is -0.481 e. The average Bonchev–Trinajstić information content (AvgIpc) is 2.73. The van der Waals surface area contributed by atoms with Crippen LogP contribution < -0.4 is 4.74 Å². The van der Waals surface area contributed by atoms with Gasteiger partial charge in [-0.25, -0.2) is 9.59 Å². The molecule has 8 nitrogen and oxygen atoms in total. The van der Waals surface area contributed by atoms with Crippen molar-refractivity contribution in [3.8, 4) is 5.75 Å². The minimum atomic E-state index is -1.44. The highest BCUT2D eigenvalue weighted by Gasteiger charge is 2.36. The van der Waals surface area contributed by atoms with Crippen LogP contribution in [0, 0.1) is 5.92 Å². The van der Waals surface area contributed by atoms with Crippen LogP contribution in [0.4, 0.5) is 0 Å². The Labute approximate surface area is 198 Å². The van der Waals surface area contributed by atoms with E-state index in [1.165, 1.54) is 26.0 Å². The van der Waals surface area contributed by atoms with Gasteiger partial charge < -0.3 is 19.7 Å². The smallest absolute Gasteiger partial charge is 0.339 e. The molecule has 182 valence electrons. The molecular weight excluding hydrogens is 440 g/mol. The number of benzene rings is 1. The second-order valence-electron chi connectivity index (χ2n) is 8.74. The molecule has 1 atom stereocenters. The van der Waals surface area contributed by atoms with Gasteiger partial charge in [-0.2, -0.15) is 0 Å². The lowest BCUT2D eigenvalue weighted by molar-refractivity contribution is -0.140. The highest BCUT2D eigenvalue weighted by atomic mass is 16.5. The lowest BCUT2D eigenvalue weighted by Crippen LogP contribution is -2.26. The predicted molar refractivity (Wildman–Crippen MR) is 125 cm³/mol. The number of methoxy groups -OCH3 is 1. The van der Waals surface area contributed by atoms with E-state index in [4.69, 9.17) is 9.47 Å². The normalized spacial score (nSPS) is 17.1. The summed E-state index contributed by atoms with van der Waals surface area (Å²) in [5, 5.41) is 19.8. The van der Waals surface area contributed by atoms with Crippen LogP contribution in [0.25, 0.3) is 6.08 Å². The third kappa shape index (κ3) is 5.44. The number of carbonyl (C=O) groups excluding carboxylic acids is 2. The molecule has 0 saturated heterocycles. The van der Waals surface area contributed by atoms with Gasteiger partial charge in [0.2, 0.25) is 0 Å². The number of ether oxygens (including phenoxy) is 2. The minimum absolute atomic E-state index is 0.0457. The molecule has 0 fully saturated rings. The Morgan fingerprint density at radius 3 is 1.88 bits per heavy atom. The maximum Gasteiger partial charge on any atom is 0.339 e. The van der Waals surface area contributed by atoms with Crippen molar-refractivity contribution >= 4 is 30.0 Å². The molecule has 1 unspecified atom stereocenters. The summed E-state index contributed by atoms with van der Waals surface area (Å²) in [5.74, 6) is -4.95. The molecule has 0 radical (unpaired) electrons. The topological polar surface area (TPSA) is 127 Å². The van der Waals surface area contributed by atoms with Crippen molar-refractivity contribution in [2.45, 2.75) is 53.4 Å². The first-order chi connectivity index (χ1) is 15.8. The first-order valence-corrected chi connectivity index (χ1v) is 10.9. The Morgan fingerprint density at radius 2 is 1.50 bits per heavy atom. The Hall–Kier alpha value is -3.68. The van der Waals surface area contributed by atoms with Gasteiger partial charge in [0, 0.05) is 6.92 Å². The third-order valence-electron chi connectivity index (χ3n) is 5.53. The number of aliphatic carboxylic acids is 2. The summed E-state index contributed by atoms with van der Waals surface area (Å²) >= 11 is 0. The second-order valence-corrected chi connectivity index (χ2v) is 8.74. The van der Waals surface area contributed by atoms with Gasteiger partial charge in [-0.3, -0.25) is 9.59 Å². The van der Waals surface area contributed by atoms with Crippen LogP contribution in [0.1, 0.15) is 70.1 Å². The highest BCUT2D eigenvalue weighted by molar-refractivity contribution is 6.09. The van der Waals surface area contributed by atoms with Gasteiger partial charge in [0.1, 0.15) is 11.7 Å². The van der Waals surface area contributed by atoms with Crippen LogP contribution in [0.5, 0.6) is 5.75 Å². The Bertz CT molecular complexity index is 1100. The molecule has 1 aliphatic carbocycles. The highest BCUT2D eigenvalue weighted by Crippen LogP contribution is 2.40. The summed E-state index contributed by atoms with van der Waals surface area (Å²) in [5.41, 5.74) is 1.53. The number of hydrogen-bond donors (Lipinski definition) is 2. The molecule has 0 aromatic heterocycles. The van der Waals surface area contributed by atoms with Crippen molar-refractivity contribution in [1.29, 1.82) is 0 Å². The fourth-order valence-electron chi connectivity index (χ4n) is 3.96. The molecule has 34 heavy (non-hydrogen) atoms. The lowest BCUT2D eigenvalue weighted by atomic mass is 9.79. The number of carboxylic acids is 2. The van der Waals surface area contributed by atoms with Crippen molar-refractivity contribution < 1.29 is 38.9 Å². The average molecular weight is 471 g/mol. The number of carboxylic acid groups (broad SMARTS) is 2. The number of rotatable bonds is 7. The third-order valence-corrected chi connectivity index (χ3v) is 5.53.